The van der Waals surface area contributed by atoms with Crippen molar-refractivity contribution in [1.29, 1.82) is 0 Å². The van der Waals surface area contributed by atoms with E-state index in [4.69, 9.17) is 9.47 Å². The second kappa shape index (κ2) is 11.9. The molecule has 1 unspecified atom stereocenters. The Morgan fingerprint density at radius 2 is 2.09 bits per heavy atom. The van der Waals surface area contributed by atoms with Crippen LogP contribution in [0.25, 0.3) is 0 Å². The van der Waals surface area contributed by atoms with Gasteiger partial charge in [0.1, 0.15) is 11.4 Å². The quantitative estimate of drug-likeness (QED) is 0.171. The van der Waals surface area contributed by atoms with Crippen molar-refractivity contribution in [3.05, 3.63) is 63.7 Å². The first kappa shape index (κ1) is 23.3. The van der Waals surface area contributed by atoms with Gasteiger partial charge in [0.2, 0.25) is 0 Å². The van der Waals surface area contributed by atoms with Gasteiger partial charge in [0.15, 0.2) is 5.96 Å². The number of guanidine groups is 1. The molecule has 9 heteroatoms. The van der Waals surface area contributed by atoms with Crippen molar-refractivity contribution >= 4 is 17.3 Å². The predicted octanol–water partition coefficient (Wildman–Crippen LogP) is 3.10. The summed E-state index contributed by atoms with van der Waals surface area (Å²) in [4.78, 5) is 15.0. The minimum absolute atomic E-state index is 0.0612. The lowest BCUT2D eigenvalue weighted by Crippen LogP contribution is -2.39. The molecule has 32 heavy (non-hydrogen) atoms. The fourth-order valence-corrected chi connectivity index (χ4v) is 3.42. The first-order chi connectivity index (χ1) is 15.6. The normalized spacial score (nSPS) is 15.9. The second-order valence-corrected chi connectivity index (χ2v) is 7.71. The van der Waals surface area contributed by atoms with E-state index in [2.05, 4.69) is 39.1 Å². The third-order valence-electron chi connectivity index (χ3n) is 5.22. The van der Waals surface area contributed by atoms with Gasteiger partial charge in [0, 0.05) is 50.8 Å². The summed E-state index contributed by atoms with van der Waals surface area (Å²) in [7, 11) is 1.71. The number of nitrogens with zero attached hydrogens (tertiary/aromatic N) is 2. The summed E-state index contributed by atoms with van der Waals surface area (Å²) < 4.78 is 11.5. The smallest absolute Gasteiger partial charge is 0.292 e. The molecule has 1 fully saturated rings. The van der Waals surface area contributed by atoms with Crippen LogP contribution in [0, 0.1) is 23.0 Å². The van der Waals surface area contributed by atoms with Gasteiger partial charge in [-0.05, 0) is 31.0 Å². The highest BCUT2D eigenvalue weighted by molar-refractivity contribution is 5.79. The van der Waals surface area contributed by atoms with Crippen LogP contribution in [0.15, 0.2) is 47.5 Å². The highest BCUT2D eigenvalue weighted by atomic mass is 16.6. The summed E-state index contributed by atoms with van der Waals surface area (Å²) in [5, 5.41) is 20.7. The van der Waals surface area contributed by atoms with Gasteiger partial charge in [-0.1, -0.05) is 24.3 Å². The summed E-state index contributed by atoms with van der Waals surface area (Å²) in [6, 6.07) is 12.8. The van der Waals surface area contributed by atoms with Crippen LogP contribution in [0.4, 0.5) is 11.4 Å². The molecule has 1 aliphatic heterocycles. The zero-order valence-electron chi connectivity index (χ0n) is 18.6. The van der Waals surface area contributed by atoms with Gasteiger partial charge in [0.25, 0.3) is 5.69 Å². The summed E-state index contributed by atoms with van der Waals surface area (Å²) in [6.45, 7) is 5.89. The molecule has 1 atom stereocenters. The predicted molar refractivity (Wildman–Crippen MR) is 125 cm³/mol. The first-order valence-electron chi connectivity index (χ1n) is 10.8. The molecule has 0 bridgehead atoms. The van der Waals surface area contributed by atoms with E-state index in [1.165, 1.54) is 6.07 Å². The number of para-hydroxylation sites is 2. The molecule has 0 aliphatic carbocycles. The number of hydrogen-bond acceptors (Lipinski definition) is 6. The third kappa shape index (κ3) is 6.84. The van der Waals surface area contributed by atoms with Gasteiger partial charge in [-0.25, -0.2) is 0 Å². The van der Waals surface area contributed by atoms with Gasteiger partial charge in [-0.15, -0.1) is 0 Å². The minimum Gasteiger partial charge on any atom is -0.493 e. The van der Waals surface area contributed by atoms with Crippen molar-refractivity contribution in [3.8, 4) is 5.75 Å². The van der Waals surface area contributed by atoms with Crippen molar-refractivity contribution in [2.24, 2.45) is 10.9 Å². The fraction of sp³-hybridized carbons (Fsp3) is 0.435. The van der Waals surface area contributed by atoms with E-state index in [-0.39, 0.29) is 5.69 Å². The number of hydrogen-bond donors (Lipinski definition) is 3. The minimum atomic E-state index is -0.392. The van der Waals surface area contributed by atoms with Crippen molar-refractivity contribution < 1.29 is 14.4 Å². The molecule has 0 saturated carbocycles. The summed E-state index contributed by atoms with van der Waals surface area (Å²) >= 11 is 0. The molecule has 1 heterocycles. The van der Waals surface area contributed by atoms with Gasteiger partial charge < -0.3 is 25.4 Å². The lowest BCUT2D eigenvalue weighted by atomic mass is 10.1. The number of rotatable bonds is 10. The molecule has 0 radical (unpaired) electrons. The molecule has 3 rings (SSSR count). The van der Waals surface area contributed by atoms with E-state index < -0.39 is 4.92 Å². The SMILES string of the molecule is CN=C(NCCNc1ccccc1[N+](=O)[O-])NCc1ccc(C)cc1OCC1CCOC1. The molecule has 172 valence electrons. The zero-order chi connectivity index (χ0) is 22.8. The Kier molecular flexibility index (Phi) is 8.68. The molecule has 2 aromatic rings. The number of anilines is 1. The van der Waals surface area contributed by atoms with Gasteiger partial charge in [0.05, 0.1) is 18.1 Å². The van der Waals surface area contributed by atoms with Crippen LogP contribution >= 0.6 is 0 Å². The highest BCUT2D eigenvalue weighted by Gasteiger charge is 2.17. The Labute approximate surface area is 188 Å². The Balaban J connectivity index is 1.47. The second-order valence-electron chi connectivity index (χ2n) is 7.71. The maximum atomic E-state index is 11.1. The Morgan fingerprint density at radius 3 is 2.84 bits per heavy atom. The fourth-order valence-electron chi connectivity index (χ4n) is 3.42. The number of benzene rings is 2. The lowest BCUT2D eigenvalue weighted by Gasteiger charge is -2.17. The maximum Gasteiger partial charge on any atom is 0.292 e. The van der Waals surface area contributed by atoms with Crippen LogP contribution in [0.1, 0.15) is 17.5 Å². The maximum absolute atomic E-state index is 11.1. The molecule has 3 N–H and O–H groups in total. The molecule has 1 saturated heterocycles. The van der Waals surface area contributed by atoms with Gasteiger partial charge in [-0.2, -0.15) is 0 Å². The van der Waals surface area contributed by atoms with Crippen LogP contribution in [-0.2, 0) is 11.3 Å². The zero-order valence-corrected chi connectivity index (χ0v) is 18.6. The number of aliphatic imine (C=N–C) groups is 1. The largest absolute Gasteiger partial charge is 0.493 e. The van der Waals surface area contributed by atoms with Crippen molar-refractivity contribution in [2.75, 3.05) is 45.3 Å². The van der Waals surface area contributed by atoms with E-state index in [0.717, 1.165) is 36.5 Å². The number of nitrogens with one attached hydrogen (secondary N) is 3. The molecule has 0 aromatic heterocycles. The van der Waals surface area contributed by atoms with E-state index in [9.17, 15) is 10.1 Å². The summed E-state index contributed by atoms with van der Waals surface area (Å²) in [5.74, 6) is 1.96. The Hall–Kier alpha value is -3.33. The van der Waals surface area contributed by atoms with Crippen LogP contribution in [-0.4, -0.2) is 50.8 Å². The molecular formula is C23H31N5O4. The summed E-state index contributed by atoms with van der Waals surface area (Å²) in [5.41, 5.74) is 2.76. The lowest BCUT2D eigenvalue weighted by molar-refractivity contribution is -0.384. The molecule has 9 nitrogen and oxygen atoms in total. The number of aryl methyl sites for hydroxylation is 1. The third-order valence-corrected chi connectivity index (χ3v) is 5.22. The molecular weight excluding hydrogens is 410 g/mol. The average molecular weight is 442 g/mol. The monoisotopic (exact) mass is 441 g/mol. The first-order valence-corrected chi connectivity index (χ1v) is 10.8. The van der Waals surface area contributed by atoms with Crippen LogP contribution < -0.4 is 20.7 Å². The van der Waals surface area contributed by atoms with E-state index in [0.29, 0.717) is 43.8 Å². The van der Waals surface area contributed by atoms with Crippen molar-refractivity contribution in [2.45, 2.75) is 19.9 Å². The Bertz CT molecular complexity index is 928. The van der Waals surface area contributed by atoms with Crippen LogP contribution in [0.5, 0.6) is 5.75 Å². The summed E-state index contributed by atoms with van der Waals surface area (Å²) in [6.07, 6.45) is 1.04. The van der Waals surface area contributed by atoms with Crippen molar-refractivity contribution in [3.63, 3.8) is 0 Å². The van der Waals surface area contributed by atoms with Crippen LogP contribution in [0.3, 0.4) is 0 Å². The molecule has 2 aromatic carbocycles. The van der Waals surface area contributed by atoms with Crippen LogP contribution in [0.2, 0.25) is 0 Å². The van der Waals surface area contributed by atoms with Gasteiger partial charge in [-0.3, -0.25) is 15.1 Å². The molecule has 1 aliphatic rings. The highest BCUT2D eigenvalue weighted by Crippen LogP contribution is 2.23. The molecule has 0 spiro atoms. The van der Waals surface area contributed by atoms with E-state index >= 15 is 0 Å². The van der Waals surface area contributed by atoms with Crippen molar-refractivity contribution in [1.82, 2.24) is 10.6 Å². The molecule has 0 amide bonds. The topological polar surface area (TPSA) is 110 Å². The van der Waals surface area contributed by atoms with E-state index in [1.807, 2.05) is 6.92 Å². The van der Waals surface area contributed by atoms with Gasteiger partial charge >= 0.3 is 0 Å². The average Bonchev–Trinajstić information content (AvgIpc) is 3.32. The number of ether oxygens (including phenoxy) is 2. The number of nitro groups is 1. The Morgan fingerprint density at radius 1 is 1.25 bits per heavy atom. The van der Waals surface area contributed by atoms with E-state index in [1.54, 1.807) is 25.2 Å². The number of nitro benzene ring substituents is 1. The standard InChI is InChI=1S/C23H31N5O4/c1-17-7-8-19(22(13-17)32-16-18-9-12-31-15-18)14-27-23(24-2)26-11-10-25-20-5-3-4-6-21(20)28(29)30/h3-8,13,18,25H,9-12,14-16H2,1-2H3,(H2,24,26,27).